The molecule has 4 N–H and O–H groups in total. The third kappa shape index (κ3) is 6.83. The van der Waals surface area contributed by atoms with Gasteiger partial charge in [0.1, 0.15) is 23.9 Å². The molecule has 1 unspecified atom stereocenters. The van der Waals surface area contributed by atoms with Gasteiger partial charge in [0.2, 0.25) is 12.3 Å². The number of nitrogens with two attached hydrogens (primary N) is 1. The number of amides is 2. The van der Waals surface area contributed by atoms with Crippen molar-refractivity contribution in [1.29, 1.82) is 0 Å². The lowest BCUT2D eigenvalue weighted by Crippen LogP contribution is -2.35. The van der Waals surface area contributed by atoms with Crippen molar-refractivity contribution in [3.63, 3.8) is 0 Å². The molecule has 0 spiro atoms. The van der Waals surface area contributed by atoms with Crippen molar-refractivity contribution in [3.05, 3.63) is 93.6 Å². The van der Waals surface area contributed by atoms with Gasteiger partial charge in [-0.3, -0.25) is 19.3 Å². The molecule has 1 aromatic carbocycles. The van der Waals surface area contributed by atoms with E-state index in [1.807, 2.05) is 0 Å². The van der Waals surface area contributed by atoms with Crippen LogP contribution in [0.5, 0.6) is 0 Å². The number of halogens is 7. The lowest BCUT2D eigenvalue weighted by Gasteiger charge is -2.23. The van der Waals surface area contributed by atoms with Crippen molar-refractivity contribution in [2.24, 2.45) is 12.1 Å². The van der Waals surface area contributed by atoms with E-state index < -0.39 is 72.0 Å². The van der Waals surface area contributed by atoms with E-state index in [9.17, 15) is 40.3 Å². The van der Waals surface area contributed by atoms with Gasteiger partial charge in [-0.25, -0.2) is 14.2 Å². The number of carbonyl (C=O) groups excluding carboxylic acids is 2. The van der Waals surface area contributed by atoms with Crippen molar-refractivity contribution in [2.75, 3.05) is 5.73 Å². The molecule has 0 bridgehead atoms. The van der Waals surface area contributed by atoms with Crippen molar-refractivity contribution in [3.8, 4) is 11.1 Å². The molecule has 5 rings (SSSR count). The Hall–Kier alpha value is -5.22. The van der Waals surface area contributed by atoms with Crippen molar-refractivity contribution in [2.45, 2.75) is 50.9 Å². The Labute approximate surface area is 262 Å². The molecule has 0 aliphatic heterocycles. The van der Waals surface area contributed by atoms with Crippen LogP contribution in [-0.2, 0) is 48.1 Å². The van der Waals surface area contributed by atoms with E-state index in [-0.39, 0.29) is 23.4 Å². The largest absolute Gasteiger partial charge is 0.435 e. The molecule has 0 saturated heterocycles. The van der Waals surface area contributed by atoms with Gasteiger partial charge in [-0.15, -0.1) is 0 Å². The van der Waals surface area contributed by atoms with Crippen LogP contribution in [0.1, 0.15) is 46.4 Å². The summed E-state index contributed by atoms with van der Waals surface area (Å²) < 4.78 is 101. The van der Waals surface area contributed by atoms with Crippen LogP contribution in [0.3, 0.4) is 0 Å². The fraction of sp³-hybridized carbons (Fsp3) is 0.300. The highest BCUT2D eigenvalue weighted by Crippen LogP contribution is 2.46. The number of rotatable bonds is 9. The van der Waals surface area contributed by atoms with E-state index in [1.54, 1.807) is 30.7 Å². The number of benzene rings is 1. The molecule has 3 heterocycles. The molecular formula is C30H27F7N8O2. The Kier molecular flexibility index (Phi) is 8.83. The molecule has 0 fully saturated rings. The first kappa shape index (κ1) is 33.2. The van der Waals surface area contributed by atoms with Gasteiger partial charge < -0.3 is 15.6 Å². The van der Waals surface area contributed by atoms with Gasteiger partial charge in [0.05, 0.1) is 23.6 Å². The lowest BCUT2D eigenvalue weighted by molar-refractivity contribution is -0.142. The van der Waals surface area contributed by atoms with E-state index in [1.165, 1.54) is 12.3 Å². The molecule has 47 heavy (non-hydrogen) atoms. The van der Waals surface area contributed by atoms with E-state index >= 15 is 0 Å². The maximum absolute atomic E-state index is 14.7. The van der Waals surface area contributed by atoms with E-state index in [4.69, 9.17) is 5.73 Å². The third-order valence-electron chi connectivity index (χ3n) is 7.77. The third-order valence-corrected chi connectivity index (χ3v) is 7.77. The van der Waals surface area contributed by atoms with Crippen LogP contribution in [0.4, 0.5) is 36.4 Å². The number of carbonyl (C=O) groups is 2. The molecule has 10 nitrogen and oxygen atoms in total. The average molecular weight is 665 g/mol. The van der Waals surface area contributed by atoms with E-state index in [0.29, 0.717) is 39.5 Å². The monoisotopic (exact) mass is 664 g/mol. The molecule has 3 aromatic heterocycles. The van der Waals surface area contributed by atoms with Crippen LogP contribution in [-0.4, -0.2) is 31.6 Å². The Bertz CT molecular complexity index is 1910. The summed E-state index contributed by atoms with van der Waals surface area (Å²) in [6.45, 7) is 0.703. The minimum absolute atomic E-state index is 0.0830. The first-order valence-corrected chi connectivity index (χ1v) is 14.0. The quantitative estimate of drug-likeness (QED) is 0.141. The van der Waals surface area contributed by atoms with Gasteiger partial charge in [-0.05, 0) is 55.7 Å². The van der Waals surface area contributed by atoms with Crippen LogP contribution in [0, 0.1) is 18.6 Å². The smallest absolute Gasteiger partial charge is 0.397 e. The van der Waals surface area contributed by atoms with Crippen LogP contribution in [0.25, 0.3) is 11.1 Å². The van der Waals surface area contributed by atoms with Crippen molar-refractivity contribution in [1.82, 2.24) is 30.1 Å². The van der Waals surface area contributed by atoms with Crippen molar-refractivity contribution < 1.29 is 40.3 Å². The van der Waals surface area contributed by atoms with Gasteiger partial charge in [0, 0.05) is 41.9 Å². The molecule has 0 radical (unpaired) electrons. The van der Waals surface area contributed by atoms with Crippen LogP contribution in [0.15, 0.2) is 47.7 Å². The summed E-state index contributed by atoms with van der Waals surface area (Å²) in [6, 6.07) is 6.24. The molecule has 4 aromatic rings. The predicted molar refractivity (Wildman–Crippen MR) is 153 cm³/mol. The summed E-state index contributed by atoms with van der Waals surface area (Å²) >= 11 is 0. The number of hydrogen-bond acceptors (Lipinski definition) is 6. The van der Waals surface area contributed by atoms with Crippen LogP contribution >= 0.6 is 0 Å². The number of pyridine rings is 2. The summed E-state index contributed by atoms with van der Waals surface area (Å²) in [6.07, 6.45) is -5.08. The standard InChI is InChI=1S/C30H27F7N8O2/c1-15-20(3-4-24(44(15)2)42-40-14-46)22-11-19(38)12-39-26(22)23(9-16-7-17(31)10-18(32)8-16)41-25(47)13-45-28-21(5-6-29(28,33)34)27(43-45)30(35,36)37/h3-4,7-8,10-12,14,23H,5-6,9,13,38H2,1-2H3,(H,40,46)(H,41,47)/b42-24-. The summed E-state index contributed by atoms with van der Waals surface area (Å²) in [5.41, 5.74) is 7.37. The minimum atomic E-state index is -5.03. The second-order valence-corrected chi connectivity index (χ2v) is 10.9. The highest BCUT2D eigenvalue weighted by atomic mass is 19.4. The van der Waals surface area contributed by atoms with Crippen LogP contribution < -0.4 is 22.0 Å². The van der Waals surface area contributed by atoms with E-state index in [0.717, 1.165) is 12.1 Å². The SMILES string of the molecule is Cc1c(-c2cc(N)cnc2C(Cc2cc(F)cc(F)c2)NC(=O)Cn2nc(C(F)(F)F)c3c2C(F)(F)CC3)cc/c(=N/NC=O)n1C. The fourth-order valence-electron chi connectivity index (χ4n) is 5.66. The second-order valence-electron chi connectivity index (χ2n) is 10.9. The number of hydrogen-bond donors (Lipinski definition) is 3. The highest BCUT2D eigenvalue weighted by molar-refractivity contribution is 5.78. The first-order chi connectivity index (χ1) is 22.1. The van der Waals surface area contributed by atoms with Gasteiger partial charge in [0.25, 0.3) is 5.92 Å². The molecule has 1 aliphatic carbocycles. The molecule has 2 amide bonds. The molecule has 17 heteroatoms. The lowest BCUT2D eigenvalue weighted by atomic mass is 9.94. The minimum Gasteiger partial charge on any atom is -0.397 e. The number of nitrogen functional groups attached to an aromatic ring is 1. The molecule has 0 saturated carbocycles. The topological polar surface area (TPSA) is 132 Å². The Morgan fingerprint density at radius 2 is 1.85 bits per heavy atom. The second kappa shape index (κ2) is 12.5. The predicted octanol–water partition coefficient (Wildman–Crippen LogP) is 4.17. The van der Waals surface area contributed by atoms with Gasteiger partial charge in [0.15, 0.2) is 11.2 Å². The normalized spacial score (nSPS) is 15.0. The van der Waals surface area contributed by atoms with Gasteiger partial charge in [-0.1, -0.05) is 0 Å². The summed E-state index contributed by atoms with van der Waals surface area (Å²) in [5.74, 6) is -6.48. The zero-order valence-corrected chi connectivity index (χ0v) is 24.8. The highest BCUT2D eigenvalue weighted by Gasteiger charge is 2.50. The number of fused-ring (bicyclic) bond motifs is 1. The number of nitrogens with one attached hydrogen (secondary N) is 2. The first-order valence-electron chi connectivity index (χ1n) is 14.0. The Morgan fingerprint density at radius 1 is 1.15 bits per heavy atom. The number of alkyl halides is 5. The molecular weight excluding hydrogens is 637 g/mol. The molecule has 248 valence electrons. The summed E-state index contributed by atoms with van der Waals surface area (Å²) in [5, 5.41) is 9.87. The Balaban J connectivity index is 1.58. The summed E-state index contributed by atoms with van der Waals surface area (Å²) in [7, 11) is 1.66. The zero-order chi connectivity index (χ0) is 34.3. The Morgan fingerprint density at radius 3 is 2.51 bits per heavy atom. The number of aromatic nitrogens is 4. The van der Waals surface area contributed by atoms with Gasteiger partial charge in [-0.2, -0.15) is 32.2 Å². The number of nitrogens with zero attached hydrogens (tertiary/aromatic N) is 5. The zero-order valence-electron chi connectivity index (χ0n) is 24.8. The summed E-state index contributed by atoms with van der Waals surface area (Å²) in [4.78, 5) is 28.6. The van der Waals surface area contributed by atoms with E-state index in [2.05, 4.69) is 25.9 Å². The molecule has 1 aliphatic rings. The molecule has 1 atom stereocenters. The fourth-order valence-corrected chi connectivity index (χ4v) is 5.66. The van der Waals surface area contributed by atoms with Gasteiger partial charge >= 0.3 is 6.18 Å². The number of anilines is 1. The maximum Gasteiger partial charge on any atom is 0.435 e. The van der Waals surface area contributed by atoms with Crippen LogP contribution in [0.2, 0.25) is 0 Å². The average Bonchev–Trinajstić information content (AvgIpc) is 3.50. The van der Waals surface area contributed by atoms with Crippen molar-refractivity contribution >= 4 is 18.0 Å². The maximum atomic E-state index is 14.7.